The Labute approximate surface area is 130 Å². The van der Waals surface area contributed by atoms with Gasteiger partial charge >= 0.3 is 0 Å². The molecule has 0 aliphatic rings. The first-order valence-corrected chi connectivity index (χ1v) is 8.54. The van der Waals surface area contributed by atoms with Crippen molar-refractivity contribution in [2.75, 3.05) is 0 Å². The standard InChI is InChI=1S/C20H28B/c1-4-6-17-21(18(3)5-2,19-13-9-7-10-14-19)20-15-11-8-12-16-20/h7-16,18H,4-6,17H2,1-3H3/q-1. The molecular weight excluding hydrogens is 251 g/mol. The van der Waals surface area contributed by atoms with Crippen LogP contribution < -0.4 is 10.9 Å². The lowest BCUT2D eigenvalue weighted by Crippen LogP contribution is -2.60. The predicted octanol–water partition coefficient (Wildman–Crippen LogP) is 4.85. The van der Waals surface area contributed by atoms with E-state index >= 15 is 0 Å². The SMILES string of the molecule is CCCC[B-](c1ccccc1)(c1ccccc1)C(C)CC. The number of rotatable bonds is 7. The highest BCUT2D eigenvalue weighted by molar-refractivity contribution is 7.03. The Morgan fingerprint density at radius 1 is 0.810 bits per heavy atom. The lowest BCUT2D eigenvalue weighted by Gasteiger charge is -2.47. The van der Waals surface area contributed by atoms with Crippen LogP contribution in [0.4, 0.5) is 0 Å². The smallest absolute Gasteiger partial charge is 0.0571 e. The van der Waals surface area contributed by atoms with Gasteiger partial charge < -0.3 is 0 Å². The second-order valence-electron chi connectivity index (χ2n) is 6.47. The third-order valence-electron chi connectivity index (χ3n) is 5.42. The van der Waals surface area contributed by atoms with Gasteiger partial charge in [0, 0.05) is 0 Å². The summed E-state index contributed by atoms with van der Waals surface area (Å²) < 4.78 is 0. The van der Waals surface area contributed by atoms with Crippen LogP contribution in [0.25, 0.3) is 0 Å². The van der Waals surface area contributed by atoms with Gasteiger partial charge in [-0.1, -0.05) is 101 Å². The quantitative estimate of drug-likeness (QED) is 0.635. The van der Waals surface area contributed by atoms with E-state index < -0.39 is 6.15 Å². The normalized spacial score (nSPS) is 13.1. The monoisotopic (exact) mass is 279 g/mol. The van der Waals surface area contributed by atoms with Crippen molar-refractivity contribution in [2.24, 2.45) is 0 Å². The van der Waals surface area contributed by atoms with Crippen molar-refractivity contribution in [3.8, 4) is 0 Å². The Morgan fingerprint density at radius 2 is 1.29 bits per heavy atom. The van der Waals surface area contributed by atoms with Crippen LogP contribution in [-0.4, -0.2) is 6.15 Å². The van der Waals surface area contributed by atoms with Gasteiger partial charge in [-0.15, -0.1) is 0 Å². The molecule has 0 saturated carbocycles. The average Bonchev–Trinajstić information content (AvgIpc) is 2.57. The summed E-state index contributed by atoms with van der Waals surface area (Å²) in [5.74, 6) is 0.696. The predicted molar refractivity (Wildman–Crippen MR) is 97.3 cm³/mol. The van der Waals surface area contributed by atoms with Crippen molar-refractivity contribution >= 4 is 17.1 Å². The molecule has 0 nitrogen and oxygen atoms in total. The largest absolute Gasteiger partial charge is 0.204 e. The third-order valence-corrected chi connectivity index (χ3v) is 5.42. The summed E-state index contributed by atoms with van der Waals surface area (Å²) in [6.45, 7) is 7.07. The molecule has 0 heterocycles. The Bertz CT molecular complexity index is 479. The zero-order valence-corrected chi connectivity index (χ0v) is 13.8. The van der Waals surface area contributed by atoms with Crippen molar-refractivity contribution in [3.63, 3.8) is 0 Å². The summed E-state index contributed by atoms with van der Waals surface area (Å²) in [6.07, 6.45) is 4.41. The molecule has 0 aliphatic heterocycles. The first-order valence-electron chi connectivity index (χ1n) is 8.54. The van der Waals surface area contributed by atoms with Gasteiger partial charge in [0.15, 0.2) is 0 Å². The van der Waals surface area contributed by atoms with Crippen LogP contribution in [0.15, 0.2) is 60.7 Å². The second-order valence-corrected chi connectivity index (χ2v) is 6.47. The maximum absolute atomic E-state index is 2.44. The number of hydrogen-bond acceptors (Lipinski definition) is 0. The fourth-order valence-corrected chi connectivity index (χ4v) is 3.99. The first-order chi connectivity index (χ1) is 10.3. The Morgan fingerprint density at radius 3 is 1.67 bits per heavy atom. The van der Waals surface area contributed by atoms with E-state index in [-0.39, 0.29) is 0 Å². The molecule has 0 aliphatic carbocycles. The van der Waals surface area contributed by atoms with Crippen molar-refractivity contribution in [2.45, 2.75) is 52.2 Å². The number of benzene rings is 2. The lowest BCUT2D eigenvalue weighted by molar-refractivity contribution is 0.809. The Hall–Kier alpha value is -1.50. The molecule has 0 amide bonds. The van der Waals surface area contributed by atoms with Gasteiger partial charge in [-0.3, -0.25) is 0 Å². The summed E-state index contributed by atoms with van der Waals surface area (Å²) in [5, 5.41) is 0. The zero-order chi connectivity index (χ0) is 15.1. The molecule has 0 bridgehead atoms. The molecule has 0 saturated heterocycles. The van der Waals surface area contributed by atoms with Crippen molar-refractivity contribution in [1.82, 2.24) is 0 Å². The van der Waals surface area contributed by atoms with Crippen LogP contribution in [0.1, 0.15) is 40.0 Å². The van der Waals surface area contributed by atoms with E-state index in [1.807, 2.05) is 0 Å². The topological polar surface area (TPSA) is 0 Å². The van der Waals surface area contributed by atoms with Crippen LogP contribution in [0.3, 0.4) is 0 Å². The van der Waals surface area contributed by atoms with Crippen LogP contribution in [0.5, 0.6) is 0 Å². The summed E-state index contributed by atoms with van der Waals surface area (Å²) in [7, 11) is 0. The van der Waals surface area contributed by atoms with E-state index in [0.29, 0.717) is 5.82 Å². The molecule has 0 radical (unpaired) electrons. The highest BCUT2D eigenvalue weighted by atomic mass is 14.1. The zero-order valence-electron chi connectivity index (χ0n) is 13.8. The first kappa shape index (κ1) is 15.9. The third kappa shape index (κ3) is 3.23. The molecule has 1 atom stereocenters. The van der Waals surface area contributed by atoms with Crippen LogP contribution in [0, 0.1) is 0 Å². The van der Waals surface area contributed by atoms with E-state index in [1.165, 1.54) is 36.5 Å². The molecule has 0 spiro atoms. The van der Waals surface area contributed by atoms with Gasteiger partial charge in [0.05, 0.1) is 6.15 Å². The fraction of sp³-hybridized carbons (Fsp3) is 0.400. The number of hydrogen-bond donors (Lipinski definition) is 0. The van der Waals surface area contributed by atoms with Crippen LogP contribution in [-0.2, 0) is 0 Å². The molecule has 112 valence electrons. The molecule has 2 aromatic carbocycles. The van der Waals surface area contributed by atoms with Gasteiger partial charge in [-0.05, 0) is 0 Å². The van der Waals surface area contributed by atoms with Crippen LogP contribution in [0.2, 0.25) is 12.1 Å². The van der Waals surface area contributed by atoms with E-state index in [4.69, 9.17) is 0 Å². The van der Waals surface area contributed by atoms with Crippen LogP contribution >= 0.6 is 0 Å². The average molecular weight is 279 g/mol. The minimum Gasteiger partial charge on any atom is -0.204 e. The van der Waals surface area contributed by atoms with Crippen molar-refractivity contribution in [3.05, 3.63) is 60.7 Å². The molecule has 2 aromatic rings. The van der Waals surface area contributed by atoms with Crippen molar-refractivity contribution < 1.29 is 0 Å². The van der Waals surface area contributed by atoms with Gasteiger partial charge in [0.25, 0.3) is 0 Å². The lowest BCUT2D eigenvalue weighted by atomic mass is 9.11. The Balaban J connectivity index is 2.59. The van der Waals surface area contributed by atoms with E-state index in [2.05, 4.69) is 81.4 Å². The maximum atomic E-state index is 2.44. The molecular formula is C20H28B-. The molecule has 0 aromatic heterocycles. The fourth-order valence-electron chi connectivity index (χ4n) is 3.99. The minimum absolute atomic E-state index is 0.672. The molecule has 0 fully saturated rings. The van der Waals surface area contributed by atoms with E-state index in [9.17, 15) is 0 Å². The molecule has 21 heavy (non-hydrogen) atoms. The molecule has 2 rings (SSSR count). The second kappa shape index (κ2) is 7.50. The molecule has 1 unspecified atom stereocenters. The van der Waals surface area contributed by atoms with Gasteiger partial charge in [0.1, 0.15) is 0 Å². The highest BCUT2D eigenvalue weighted by Crippen LogP contribution is 2.30. The van der Waals surface area contributed by atoms with Gasteiger partial charge in [0.2, 0.25) is 0 Å². The summed E-state index contributed by atoms with van der Waals surface area (Å²) >= 11 is 0. The van der Waals surface area contributed by atoms with E-state index in [0.717, 1.165) is 0 Å². The highest BCUT2D eigenvalue weighted by Gasteiger charge is 2.31. The minimum atomic E-state index is -0.672. The van der Waals surface area contributed by atoms with Gasteiger partial charge in [-0.25, -0.2) is 10.9 Å². The summed E-state index contributed by atoms with van der Waals surface area (Å²) in [6, 6.07) is 22.4. The van der Waals surface area contributed by atoms with E-state index in [1.54, 1.807) is 0 Å². The summed E-state index contributed by atoms with van der Waals surface area (Å²) in [4.78, 5) is 0. The summed E-state index contributed by atoms with van der Waals surface area (Å²) in [5.41, 5.74) is 3.07. The molecule has 0 N–H and O–H groups in total. The Kier molecular flexibility index (Phi) is 5.67. The van der Waals surface area contributed by atoms with Crippen molar-refractivity contribution in [1.29, 1.82) is 0 Å². The maximum Gasteiger partial charge on any atom is 0.0571 e. The van der Waals surface area contributed by atoms with Gasteiger partial charge in [-0.2, -0.15) is 12.1 Å². The number of unbranched alkanes of at least 4 members (excludes halogenated alkanes) is 1. The molecule has 1 heteroatoms.